The second kappa shape index (κ2) is 8.75. The highest BCUT2D eigenvalue weighted by Crippen LogP contribution is 2.18. The molecule has 0 saturated heterocycles. The molecule has 0 fully saturated rings. The largest absolute Gasteiger partial charge is 0.421 e. The van der Waals surface area contributed by atoms with Crippen molar-refractivity contribution in [2.24, 2.45) is 0 Å². The van der Waals surface area contributed by atoms with Crippen LogP contribution < -0.4 is 10.6 Å². The van der Waals surface area contributed by atoms with Crippen LogP contribution in [0.1, 0.15) is 17.9 Å². The van der Waals surface area contributed by atoms with Gasteiger partial charge in [-0.2, -0.15) is 0 Å². The van der Waals surface area contributed by atoms with Crippen LogP contribution in [0, 0.1) is 6.92 Å². The summed E-state index contributed by atoms with van der Waals surface area (Å²) in [5, 5.41) is 13.2. The Morgan fingerprint density at radius 3 is 2.44 bits per heavy atom. The van der Waals surface area contributed by atoms with E-state index in [4.69, 9.17) is 4.42 Å². The minimum absolute atomic E-state index is 0.0911. The summed E-state index contributed by atoms with van der Waals surface area (Å²) in [4.78, 5) is 23.7. The van der Waals surface area contributed by atoms with Gasteiger partial charge in [0.2, 0.25) is 23.6 Å². The molecule has 0 atom stereocenters. The molecule has 0 spiro atoms. The maximum Gasteiger partial charge on any atom is 0.247 e. The summed E-state index contributed by atoms with van der Waals surface area (Å²) in [6, 6.07) is 16.8. The number of aromatic nitrogens is 2. The fraction of sp³-hybridized carbons (Fsp3) is 0.200. The summed E-state index contributed by atoms with van der Waals surface area (Å²) in [6.45, 7) is 1.91. The van der Waals surface area contributed by atoms with Gasteiger partial charge in [0, 0.05) is 24.1 Å². The van der Waals surface area contributed by atoms with Crippen LogP contribution >= 0.6 is 0 Å². The first kappa shape index (κ1) is 18.3. The molecule has 7 heteroatoms. The van der Waals surface area contributed by atoms with Crippen molar-refractivity contribution >= 4 is 17.5 Å². The van der Waals surface area contributed by atoms with Crippen molar-refractivity contribution < 1.29 is 14.0 Å². The highest BCUT2D eigenvalue weighted by Gasteiger charge is 2.11. The van der Waals surface area contributed by atoms with Gasteiger partial charge in [0.15, 0.2) is 0 Å². The van der Waals surface area contributed by atoms with Crippen LogP contribution in [0.2, 0.25) is 0 Å². The van der Waals surface area contributed by atoms with Crippen molar-refractivity contribution in [3.05, 3.63) is 66.1 Å². The second-order valence-corrected chi connectivity index (χ2v) is 6.06. The van der Waals surface area contributed by atoms with Crippen molar-refractivity contribution in [2.75, 3.05) is 11.9 Å². The summed E-state index contributed by atoms with van der Waals surface area (Å²) in [7, 11) is 0. The van der Waals surface area contributed by atoms with Crippen molar-refractivity contribution in [1.82, 2.24) is 15.5 Å². The van der Waals surface area contributed by atoms with E-state index in [0.717, 1.165) is 11.1 Å². The molecule has 27 heavy (non-hydrogen) atoms. The SMILES string of the molecule is Cc1ccc(-c2nnc(CCC(=O)NCC(=O)Nc3ccccc3)o2)cc1. The predicted octanol–water partition coefficient (Wildman–Crippen LogP) is 2.73. The van der Waals surface area contributed by atoms with E-state index in [-0.39, 0.29) is 24.8 Å². The Labute approximate surface area is 156 Å². The highest BCUT2D eigenvalue weighted by atomic mass is 16.4. The number of amides is 2. The number of benzene rings is 2. The van der Waals surface area contributed by atoms with E-state index in [9.17, 15) is 9.59 Å². The molecule has 2 amide bonds. The fourth-order valence-electron chi connectivity index (χ4n) is 2.38. The van der Waals surface area contributed by atoms with Gasteiger partial charge >= 0.3 is 0 Å². The Balaban J connectivity index is 1.43. The van der Waals surface area contributed by atoms with Crippen LogP contribution in [0.25, 0.3) is 11.5 Å². The van der Waals surface area contributed by atoms with Crippen LogP contribution in [0.4, 0.5) is 5.69 Å². The second-order valence-electron chi connectivity index (χ2n) is 6.06. The molecule has 138 valence electrons. The third-order valence-corrected chi connectivity index (χ3v) is 3.83. The van der Waals surface area contributed by atoms with Gasteiger partial charge in [-0.1, -0.05) is 35.9 Å². The number of carbonyl (C=O) groups is 2. The van der Waals surface area contributed by atoms with Crippen molar-refractivity contribution in [2.45, 2.75) is 19.8 Å². The summed E-state index contributed by atoms with van der Waals surface area (Å²) in [6.07, 6.45) is 0.471. The number of aryl methyl sites for hydroxylation is 2. The quantitative estimate of drug-likeness (QED) is 0.672. The lowest BCUT2D eigenvalue weighted by Crippen LogP contribution is -2.32. The van der Waals surface area contributed by atoms with Gasteiger partial charge in [-0.25, -0.2) is 0 Å². The van der Waals surface area contributed by atoms with Crippen LogP contribution in [-0.2, 0) is 16.0 Å². The van der Waals surface area contributed by atoms with Crippen LogP contribution in [0.3, 0.4) is 0 Å². The topological polar surface area (TPSA) is 97.1 Å². The number of carbonyl (C=O) groups excluding carboxylic acids is 2. The van der Waals surface area contributed by atoms with Crippen LogP contribution in [-0.4, -0.2) is 28.6 Å². The molecular weight excluding hydrogens is 344 g/mol. The van der Waals surface area contributed by atoms with Gasteiger partial charge in [0.25, 0.3) is 0 Å². The maximum atomic E-state index is 11.9. The van der Waals surface area contributed by atoms with Gasteiger partial charge in [-0.05, 0) is 31.2 Å². The molecule has 1 aromatic heterocycles. The Morgan fingerprint density at radius 1 is 0.963 bits per heavy atom. The summed E-state index contributed by atoms with van der Waals surface area (Å²) in [5.74, 6) is 0.268. The van der Waals surface area contributed by atoms with Gasteiger partial charge in [0.1, 0.15) is 0 Å². The van der Waals surface area contributed by atoms with Crippen molar-refractivity contribution in [3.8, 4) is 11.5 Å². The molecule has 0 saturated carbocycles. The first-order valence-corrected chi connectivity index (χ1v) is 8.61. The van der Waals surface area contributed by atoms with Gasteiger partial charge in [-0.15, -0.1) is 10.2 Å². The number of hydrogen-bond donors (Lipinski definition) is 2. The smallest absolute Gasteiger partial charge is 0.247 e. The molecule has 0 aliphatic heterocycles. The summed E-state index contributed by atoms with van der Waals surface area (Å²) in [5.41, 5.74) is 2.67. The summed E-state index contributed by atoms with van der Waals surface area (Å²) >= 11 is 0. The first-order valence-electron chi connectivity index (χ1n) is 8.61. The Hall–Kier alpha value is -3.48. The molecule has 3 rings (SSSR count). The normalized spacial score (nSPS) is 10.4. The number of nitrogens with one attached hydrogen (secondary N) is 2. The van der Waals surface area contributed by atoms with E-state index in [1.165, 1.54) is 0 Å². The molecule has 0 radical (unpaired) electrons. The molecule has 2 aromatic carbocycles. The average molecular weight is 364 g/mol. The van der Waals surface area contributed by atoms with E-state index in [2.05, 4.69) is 20.8 Å². The Bertz CT molecular complexity index is 904. The molecular formula is C20H20N4O3. The van der Waals surface area contributed by atoms with E-state index in [1.807, 2.05) is 49.4 Å². The standard InChI is InChI=1S/C20H20N4O3/c1-14-7-9-15(10-8-14)20-24-23-19(27-20)12-11-17(25)21-13-18(26)22-16-5-3-2-4-6-16/h2-10H,11-13H2,1H3,(H,21,25)(H,22,26). The molecule has 1 heterocycles. The first-order chi connectivity index (χ1) is 13.1. The zero-order chi connectivity index (χ0) is 19.1. The maximum absolute atomic E-state index is 11.9. The Kier molecular flexibility index (Phi) is 5.94. The molecule has 0 bridgehead atoms. The van der Waals surface area contributed by atoms with Crippen molar-refractivity contribution in [3.63, 3.8) is 0 Å². The number of hydrogen-bond acceptors (Lipinski definition) is 5. The lowest BCUT2D eigenvalue weighted by Gasteiger charge is -2.06. The highest BCUT2D eigenvalue weighted by molar-refractivity contribution is 5.94. The molecule has 7 nitrogen and oxygen atoms in total. The monoisotopic (exact) mass is 364 g/mol. The molecule has 3 aromatic rings. The number of rotatable bonds is 7. The molecule has 0 aliphatic rings. The van der Waals surface area contributed by atoms with Gasteiger partial charge in [0.05, 0.1) is 6.54 Å². The molecule has 0 aliphatic carbocycles. The third kappa shape index (κ3) is 5.50. The number of nitrogens with zero attached hydrogens (tertiary/aromatic N) is 2. The lowest BCUT2D eigenvalue weighted by molar-refractivity contribution is -0.124. The van der Waals surface area contributed by atoms with E-state index in [1.54, 1.807) is 12.1 Å². The van der Waals surface area contributed by atoms with Gasteiger partial charge < -0.3 is 15.1 Å². The zero-order valence-electron chi connectivity index (χ0n) is 14.9. The average Bonchev–Trinajstić information content (AvgIpc) is 3.15. The zero-order valence-corrected chi connectivity index (χ0v) is 14.9. The molecule has 2 N–H and O–H groups in total. The molecule has 0 unspecified atom stereocenters. The number of para-hydroxylation sites is 1. The fourth-order valence-corrected chi connectivity index (χ4v) is 2.38. The van der Waals surface area contributed by atoms with E-state index >= 15 is 0 Å². The van der Waals surface area contributed by atoms with Gasteiger partial charge in [-0.3, -0.25) is 9.59 Å². The predicted molar refractivity (Wildman–Crippen MR) is 101 cm³/mol. The third-order valence-electron chi connectivity index (χ3n) is 3.83. The van der Waals surface area contributed by atoms with Crippen LogP contribution in [0.15, 0.2) is 59.0 Å². The minimum atomic E-state index is -0.283. The van der Waals surface area contributed by atoms with E-state index < -0.39 is 0 Å². The Morgan fingerprint density at radius 2 is 1.70 bits per heavy atom. The summed E-state index contributed by atoms with van der Waals surface area (Å²) < 4.78 is 5.58. The lowest BCUT2D eigenvalue weighted by atomic mass is 10.1. The minimum Gasteiger partial charge on any atom is -0.421 e. The van der Waals surface area contributed by atoms with E-state index in [0.29, 0.717) is 23.9 Å². The van der Waals surface area contributed by atoms with Crippen molar-refractivity contribution in [1.29, 1.82) is 0 Å². The van der Waals surface area contributed by atoms with Crippen LogP contribution in [0.5, 0.6) is 0 Å². The number of anilines is 1.